The number of quaternary nitrogens is 1. The molecule has 0 saturated carbocycles. The minimum absolute atomic E-state index is 0.358. The van der Waals surface area contributed by atoms with Crippen molar-refractivity contribution in [3.63, 3.8) is 0 Å². The molecule has 1 aliphatic heterocycles. The lowest BCUT2D eigenvalue weighted by atomic mass is 10.0. The van der Waals surface area contributed by atoms with Crippen LogP contribution in [-0.2, 0) is 0 Å². The van der Waals surface area contributed by atoms with Crippen LogP contribution in [0.25, 0.3) is 0 Å². The van der Waals surface area contributed by atoms with Crippen molar-refractivity contribution in [1.29, 1.82) is 0 Å². The maximum Gasteiger partial charge on any atom is 0.0715 e. The number of hydrogen-bond donors (Lipinski definition) is 2. The first-order valence-corrected chi connectivity index (χ1v) is 3.52. The van der Waals surface area contributed by atoms with Crippen LogP contribution in [0.15, 0.2) is 0 Å². The molecule has 0 aromatic carbocycles. The first kappa shape index (κ1) is 7.03. The molecule has 1 rings (SSSR count). The van der Waals surface area contributed by atoms with Gasteiger partial charge in [-0.15, -0.1) is 0 Å². The molecule has 9 heavy (non-hydrogen) atoms. The summed E-state index contributed by atoms with van der Waals surface area (Å²) >= 11 is 0. The number of rotatable bonds is 1. The van der Waals surface area contributed by atoms with E-state index in [0.717, 1.165) is 6.54 Å². The van der Waals surface area contributed by atoms with Gasteiger partial charge in [0.25, 0.3) is 0 Å². The van der Waals surface area contributed by atoms with Crippen molar-refractivity contribution in [2.24, 2.45) is 0 Å². The zero-order valence-electron chi connectivity index (χ0n) is 6.33. The van der Waals surface area contributed by atoms with E-state index in [1.807, 2.05) is 7.05 Å². The molecule has 0 aromatic rings. The summed E-state index contributed by atoms with van der Waals surface area (Å²) < 4.78 is 0. The van der Waals surface area contributed by atoms with Gasteiger partial charge in [0.05, 0.1) is 18.6 Å². The van der Waals surface area contributed by atoms with E-state index in [0.29, 0.717) is 5.54 Å². The van der Waals surface area contributed by atoms with Gasteiger partial charge in [0.2, 0.25) is 0 Å². The van der Waals surface area contributed by atoms with E-state index < -0.39 is 0 Å². The van der Waals surface area contributed by atoms with E-state index >= 15 is 0 Å². The highest BCUT2D eigenvalue weighted by molar-refractivity contribution is 4.83. The molecule has 2 N–H and O–H groups in total. The van der Waals surface area contributed by atoms with E-state index in [2.05, 4.69) is 19.3 Å². The van der Waals surface area contributed by atoms with Crippen molar-refractivity contribution in [3.05, 3.63) is 7.05 Å². The average Bonchev–Trinajstić information content (AvgIpc) is 2.13. The molecule has 2 nitrogen and oxygen atoms in total. The number of likely N-dealkylation sites (N-methyl/N-ethyl adjacent to an activating group) is 1. The normalized spacial score (nSPS) is 43.7. The summed E-state index contributed by atoms with van der Waals surface area (Å²) in [6, 6.07) is 0. The molecule has 54 valence electrons. The molecular weight excluding hydrogens is 112 g/mol. The Morgan fingerprint density at radius 2 is 2.33 bits per heavy atom. The molecule has 0 amide bonds. The summed E-state index contributed by atoms with van der Waals surface area (Å²) in [6.45, 7) is 4.62. The predicted molar refractivity (Wildman–Crippen MR) is 38.1 cm³/mol. The molecule has 2 atom stereocenters. The molecule has 1 fully saturated rings. The highest BCUT2D eigenvalue weighted by atomic mass is 15.2. The van der Waals surface area contributed by atoms with Gasteiger partial charge in [-0.2, -0.15) is 7.05 Å². The third-order valence-electron chi connectivity index (χ3n) is 2.27. The van der Waals surface area contributed by atoms with Crippen LogP contribution in [0.4, 0.5) is 0 Å². The Morgan fingerprint density at radius 1 is 1.67 bits per heavy atom. The monoisotopic (exact) mass is 128 g/mol. The first-order valence-electron chi connectivity index (χ1n) is 3.52. The van der Waals surface area contributed by atoms with Crippen LogP contribution in [0, 0.1) is 7.05 Å². The Balaban J connectivity index is 2.45. The molecule has 0 bridgehead atoms. The lowest BCUT2D eigenvalue weighted by Gasteiger charge is -2.21. The van der Waals surface area contributed by atoms with E-state index in [9.17, 15) is 0 Å². The Labute approximate surface area is 57.2 Å². The van der Waals surface area contributed by atoms with Gasteiger partial charge in [0, 0.05) is 6.42 Å². The largest absolute Gasteiger partial charge is 0.466 e. The van der Waals surface area contributed by atoms with Crippen molar-refractivity contribution in [3.8, 4) is 0 Å². The fraction of sp³-hybridized carbons (Fsp3) is 0.857. The van der Waals surface area contributed by atoms with Crippen molar-refractivity contribution >= 4 is 0 Å². The van der Waals surface area contributed by atoms with Crippen molar-refractivity contribution in [2.75, 3.05) is 20.1 Å². The van der Waals surface area contributed by atoms with Crippen molar-refractivity contribution in [1.82, 2.24) is 5.32 Å². The quantitative estimate of drug-likeness (QED) is 0.435. The third-order valence-corrected chi connectivity index (χ3v) is 2.27. The van der Waals surface area contributed by atoms with E-state index in [1.54, 1.807) is 0 Å². The summed E-state index contributed by atoms with van der Waals surface area (Å²) in [5.74, 6) is 0. The summed E-state index contributed by atoms with van der Waals surface area (Å²) in [6.07, 6.45) is 1.25. The van der Waals surface area contributed by atoms with Crippen LogP contribution >= 0.6 is 0 Å². The molecule has 1 aliphatic rings. The Morgan fingerprint density at radius 3 is 2.56 bits per heavy atom. The topological polar surface area (TPSA) is 16.5 Å². The molecule has 1 unspecified atom stereocenters. The molecular formula is C7H16N2. The number of nitrogens with one attached hydrogen (secondary N) is 2. The zero-order valence-corrected chi connectivity index (χ0v) is 6.33. The second-order valence-corrected chi connectivity index (χ2v) is 3.24. The van der Waals surface area contributed by atoms with Gasteiger partial charge in [-0.3, -0.25) is 0 Å². The van der Waals surface area contributed by atoms with E-state index in [1.165, 1.54) is 17.9 Å². The third kappa shape index (κ3) is 1.43. The van der Waals surface area contributed by atoms with Gasteiger partial charge in [-0.1, -0.05) is 0 Å². The predicted octanol–water partition coefficient (Wildman–Crippen LogP) is -0.955. The molecule has 0 radical (unpaired) electrons. The highest BCUT2D eigenvalue weighted by Crippen LogP contribution is 2.07. The smallest absolute Gasteiger partial charge is 0.0715 e. The Bertz CT molecular complexity index is 103. The molecule has 1 heterocycles. The Kier molecular flexibility index (Phi) is 1.78. The fourth-order valence-corrected chi connectivity index (χ4v) is 1.39. The standard InChI is InChI=1S/C7H16N2/c1-7(8-2)4-5-9(3)6-7/h8-9H,3-6H2,1-2H3/t7-/m0/s1. The maximum atomic E-state index is 3.96. The Hall–Kier alpha value is -0.0800. The van der Waals surface area contributed by atoms with Gasteiger partial charge < -0.3 is 10.2 Å². The molecule has 2 heteroatoms. The summed E-state index contributed by atoms with van der Waals surface area (Å²) in [7, 11) is 5.98. The summed E-state index contributed by atoms with van der Waals surface area (Å²) in [4.78, 5) is 1.40. The van der Waals surface area contributed by atoms with E-state index in [-0.39, 0.29) is 0 Å². The number of hydrogen-bond acceptors (Lipinski definition) is 1. The lowest BCUT2D eigenvalue weighted by molar-refractivity contribution is -0.841. The SMILES string of the molecule is [CH2-][NH+]1CC[C@](C)(NC)C1. The lowest BCUT2D eigenvalue weighted by Crippen LogP contribution is -3.05. The van der Waals surface area contributed by atoms with Crippen LogP contribution in [-0.4, -0.2) is 25.7 Å². The van der Waals surface area contributed by atoms with Gasteiger partial charge in [-0.05, 0) is 14.0 Å². The average molecular weight is 128 g/mol. The van der Waals surface area contributed by atoms with Crippen LogP contribution < -0.4 is 10.2 Å². The second-order valence-electron chi connectivity index (χ2n) is 3.24. The zero-order chi connectivity index (χ0) is 6.91. The fourth-order valence-electron chi connectivity index (χ4n) is 1.39. The van der Waals surface area contributed by atoms with Crippen LogP contribution in [0.5, 0.6) is 0 Å². The van der Waals surface area contributed by atoms with Gasteiger partial charge in [0.1, 0.15) is 0 Å². The van der Waals surface area contributed by atoms with Gasteiger partial charge >= 0.3 is 0 Å². The van der Waals surface area contributed by atoms with Gasteiger partial charge in [-0.25, -0.2) is 0 Å². The second kappa shape index (κ2) is 2.27. The molecule has 0 spiro atoms. The number of likely N-dealkylation sites (tertiary alicyclic amines) is 1. The van der Waals surface area contributed by atoms with Crippen molar-refractivity contribution in [2.45, 2.75) is 18.9 Å². The summed E-state index contributed by atoms with van der Waals surface area (Å²) in [5.41, 5.74) is 0.358. The van der Waals surface area contributed by atoms with Gasteiger partial charge in [0.15, 0.2) is 0 Å². The van der Waals surface area contributed by atoms with Crippen LogP contribution in [0.3, 0.4) is 0 Å². The van der Waals surface area contributed by atoms with E-state index in [4.69, 9.17) is 0 Å². The van der Waals surface area contributed by atoms with Crippen molar-refractivity contribution < 1.29 is 4.90 Å². The van der Waals surface area contributed by atoms with Crippen LogP contribution in [0.1, 0.15) is 13.3 Å². The minimum atomic E-state index is 0.358. The van der Waals surface area contributed by atoms with Crippen LogP contribution in [0.2, 0.25) is 0 Å². The molecule has 0 aromatic heterocycles. The maximum absolute atomic E-state index is 3.96. The minimum Gasteiger partial charge on any atom is -0.466 e. The highest BCUT2D eigenvalue weighted by Gasteiger charge is 2.30. The molecule has 1 saturated heterocycles. The summed E-state index contributed by atoms with van der Waals surface area (Å²) in [5, 5.41) is 3.31. The first-order chi connectivity index (χ1) is 4.16. The molecule has 0 aliphatic carbocycles.